The minimum atomic E-state index is -0.100. The smallest absolute Gasteiger partial charge is 0.223 e. The minimum Gasteiger partial charge on any atom is -0.378 e. The summed E-state index contributed by atoms with van der Waals surface area (Å²) in [7, 11) is 3.57. The second-order valence-electron chi connectivity index (χ2n) is 6.34. The summed E-state index contributed by atoms with van der Waals surface area (Å²) in [5.41, 5.74) is -0.100. The molecule has 1 saturated heterocycles. The number of nitrogens with zero attached hydrogens (tertiary/aromatic N) is 2. The Kier molecular flexibility index (Phi) is 5.02. The van der Waals surface area contributed by atoms with E-state index in [2.05, 4.69) is 0 Å². The highest BCUT2D eigenvalue weighted by molar-refractivity contribution is 5.80. The average Bonchev–Trinajstić information content (AvgIpc) is 2.87. The van der Waals surface area contributed by atoms with E-state index in [1.165, 1.54) is 0 Å². The fourth-order valence-electron chi connectivity index (χ4n) is 3.27. The third-order valence-electron chi connectivity index (χ3n) is 4.58. The molecular weight excluding hydrogens is 256 g/mol. The van der Waals surface area contributed by atoms with Gasteiger partial charge in [0.1, 0.15) is 0 Å². The predicted molar refractivity (Wildman–Crippen MR) is 76.2 cm³/mol. The van der Waals surface area contributed by atoms with E-state index in [9.17, 15) is 9.59 Å². The number of ether oxygens (including phenoxy) is 1. The molecule has 20 heavy (non-hydrogen) atoms. The number of hydrogen-bond donors (Lipinski definition) is 0. The first-order chi connectivity index (χ1) is 9.52. The van der Waals surface area contributed by atoms with Gasteiger partial charge in [-0.15, -0.1) is 0 Å². The lowest BCUT2D eigenvalue weighted by atomic mass is 9.78. The number of amides is 2. The maximum atomic E-state index is 12.5. The average molecular weight is 282 g/mol. The highest BCUT2D eigenvalue weighted by atomic mass is 16.5. The summed E-state index contributed by atoms with van der Waals surface area (Å²) in [5.74, 6) is 0.337. The zero-order chi connectivity index (χ0) is 14.6. The Bertz CT molecular complexity index is 356. The topological polar surface area (TPSA) is 49.9 Å². The van der Waals surface area contributed by atoms with Crippen LogP contribution in [0.15, 0.2) is 0 Å². The quantitative estimate of drug-likeness (QED) is 0.780. The van der Waals surface area contributed by atoms with Crippen molar-refractivity contribution in [3.63, 3.8) is 0 Å². The maximum Gasteiger partial charge on any atom is 0.223 e. The third-order valence-corrected chi connectivity index (χ3v) is 4.58. The Labute approximate surface area is 121 Å². The van der Waals surface area contributed by atoms with Crippen LogP contribution in [0.4, 0.5) is 0 Å². The van der Waals surface area contributed by atoms with Gasteiger partial charge in [-0.05, 0) is 18.3 Å². The Balaban J connectivity index is 1.97. The van der Waals surface area contributed by atoms with E-state index in [0.29, 0.717) is 39.1 Å². The molecule has 2 fully saturated rings. The molecule has 0 radical (unpaired) electrons. The fourth-order valence-corrected chi connectivity index (χ4v) is 3.27. The number of carbonyl (C=O) groups is 2. The van der Waals surface area contributed by atoms with E-state index in [1.807, 2.05) is 4.90 Å². The largest absolute Gasteiger partial charge is 0.378 e. The zero-order valence-electron chi connectivity index (χ0n) is 12.7. The zero-order valence-corrected chi connectivity index (χ0v) is 12.7. The summed E-state index contributed by atoms with van der Waals surface area (Å²) in [6, 6.07) is 0. The van der Waals surface area contributed by atoms with Crippen LogP contribution in [0.25, 0.3) is 0 Å². The van der Waals surface area contributed by atoms with Gasteiger partial charge in [0.05, 0.1) is 13.2 Å². The molecule has 5 heteroatoms. The Morgan fingerprint density at radius 1 is 1.10 bits per heavy atom. The van der Waals surface area contributed by atoms with Crippen molar-refractivity contribution < 1.29 is 14.3 Å². The van der Waals surface area contributed by atoms with Crippen LogP contribution in [0, 0.1) is 5.41 Å². The van der Waals surface area contributed by atoms with E-state index < -0.39 is 0 Å². The molecule has 2 amide bonds. The molecule has 0 aromatic rings. The van der Waals surface area contributed by atoms with Crippen LogP contribution < -0.4 is 0 Å². The van der Waals surface area contributed by atoms with Gasteiger partial charge in [-0.2, -0.15) is 0 Å². The van der Waals surface area contributed by atoms with Gasteiger partial charge in [0.2, 0.25) is 11.8 Å². The highest BCUT2D eigenvalue weighted by Crippen LogP contribution is 2.44. The van der Waals surface area contributed by atoms with Crippen LogP contribution in [-0.2, 0) is 14.3 Å². The van der Waals surface area contributed by atoms with Gasteiger partial charge in [0, 0.05) is 40.0 Å². The lowest BCUT2D eigenvalue weighted by molar-refractivity contribution is -0.139. The van der Waals surface area contributed by atoms with Crippen molar-refractivity contribution in [2.24, 2.45) is 5.41 Å². The molecule has 2 rings (SSSR count). The fraction of sp³-hybridized carbons (Fsp3) is 0.867. The van der Waals surface area contributed by atoms with Crippen molar-refractivity contribution in [3.05, 3.63) is 0 Å². The van der Waals surface area contributed by atoms with E-state index in [0.717, 1.165) is 25.7 Å². The van der Waals surface area contributed by atoms with Crippen LogP contribution in [0.2, 0.25) is 0 Å². The standard InChI is InChI=1S/C15H26N2O3/c1-16(2)13(18)11-15(5-3-4-6-15)12-14(19)17-7-9-20-10-8-17/h3-12H2,1-2H3. The molecule has 1 aliphatic carbocycles. The minimum absolute atomic E-state index is 0.100. The van der Waals surface area contributed by atoms with Crippen molar-refractivity contribution in [1.82, 2.24) is 9.80 Å². The van der Waals surface area contributed by atoms with Crippen LogP contribution in [-0.4, -0.2) is 62.0 Å². The number of carbonyl (C=O) groups excluding carboxylic acids is 2. The molecule has 0 aromatic carbocycles. The van der Waals surface area contributed by atoms with Gasteiger partial charge in [-0.25, -0.2) is 0 Å². The van der Waals surface area contributed by atoms with Crippen molar-refractivity contribution in [2.75, 3.05) is 40.4 Å². The molecule has 1 aliphatic heterocycles. The summed E-state index contributed by atoms with van der Waals surface area (Å²) in [5, 5.41) is 0. The summed E-state index contributed by atoms with van der Waals surface area (Å²) in [6.07, 6.45) is 5.31. The van der Waals surface area contributed by atoms with Gasteiger partial charge in [-0.1, -0.05) is 12.8 Å². The summed E-state index contributed by atoms with van der Waals surface area (Å²) in [4.78, 5) is 28.0. The first-order valence-electron chi connectivity index (χ1n) is 7.58. The lowest BCUT2D eigenvalue weighted by Gasteiger charge is -2.33. The van der Waals surface area contributed by atoms with Crippen LogP contribution in [0.5, 0.6) is 0 Å². The van der Waals surface area contributed by atoms with E-state index in [-0.39, 0.29) is 17.2 Å². The Morgan fingerprint density at radius 2 is 1.70 bits per heavy atom. The van der Waals surface area contributed by atoms with Gasteiger partial charge in [0.25, 0.3) is 0 Å². The van der Waals surface area contributed by atoms with Crippen LogP contribution in [0.3, 0.4) is 0 Å². The van der Waals surface area contributed by atoms with Gasteiger partial charge in [-0.3, -0.25) is 9.59 Å². The molecule has 0 bridgehead atoms. The monoisotopic (exact) mass is 282 g/mol. The van der Waals surface area contributed by atoms with Gasteiger partial charge in [0.15, 0.2) is 0 Å². The lowest BCUT2D eigenvalue weighted by Crippen LogP contribution is -2.43. The highest BCUT2D eigenvalue weighted by Gasteiger charge is 2.39. The van der Waals surface area contributed by atoms with Crippen molar-refractivity contribution in [3.8, 4) is 0 Å². The van der Waals surface area contributed by atoms with Gasteiger partial charge < -0.3 is 14.5 Å². The second kappa shape index (κ2) is 6.57. The van der Waals surface area contributed by atoms with E-state index in [4.69, 9.17) is 4.74 Å². The molecule has 0 unspecified atom stereocenters. The number of hydrogen-bond acceptors (Lipinski definition) is 3. The molecule has 0 N–H and O–H groups in total. The molecule has 0 atom stereocenters. The first kappa shape index (κ1) is 15.3. The van der Waals surface area contributed by atoms with Crippen LogP contribution in [0.1, 0.15) is 38.5 Å². The molecule has 114 valence electrons. The van der Waals surface area contributed by atoms with Crippen molar-refractivity contribution in [2.45, 2.75) is 38.5 Å². The summed E-state index contributed by atoms with van der Waals surface area (Å²) >= 11 is 0. The van der Waals surface area contributed by atoms with Crippen LogP contribution >= 0.6 is 0 Å². The SMILES string of the molecule is CN(C)C(=O)CC1(CC(=O)N2CCOCC2)CCCC1. The summed E-state index contributed by atoms with van der Waals surface area (Å²) in [6.45, 7) is 2.65. The molecular formula is C15H26N2O3. The Morgan fingerprint density at radius 3 is 2.25 bits per heavy atom. The maximum absolute atomic E-state index is 12.5. The normalized spacial score (nSPS) is 21.8. The molecule has 5 nitrogen and oxygen atoms in total. The molecule has 1 saturated carbocycles. The number of morpholine rings is 1. The Hall–Kier alpha value is -1.10. The third kappa shape index (κ3) is 3.72. The number of rotatable bonds is 4. The van der Waals surface area contributed by atoms with Gasteiger partial charge >= 0.3 is 0 Å². The van der Waals surface area contributed by atoms with E-state index >= 15 is 0 Å². The first-order valence-corrected chi connectivity index (χ1v) is 7.58. The molecule has 0 spiro atoms. The molecule has 1 heterocycles. The van der Waals surface area contributed by atoms with Crippen molar-refractivity contribution in [1.29, 1.82) is 0 Å². The van der Waals surface area contributed by atoms with Crippen molar-refractivity contribution >= 4 is 11.8 Å². The predicted octanol–water partition coefficient (Wildman–Crippen LogP) is 1.27. The molecule has 0 aromatic heterocycles. The summed E-state index contributed by atoms with van der Waals surface area (Å²) < 4.78 is 5.29. The second-order valence-corrected chi connectivity index (χ2v) is 6.34. The molecule has 2 aliphatic rings. The van der Waals surface area contributed by atoms with E-state index in [1.54, 1.807) is 19.0 Å².